The molecule has 0 amide bonds. The zero-order chi connectivity index (χ0) is 13.1. The normalized spacial score (nSPS) is 26.4. The standard InChI is InChI=1S/C12H25NO3S/c1-12(2,3)17(14,15)8-7-13-10-5-6-11(9-10)16-4/h10-11,13H,5-9H2,1-4H3. The number of ether oxygens (including phenoxy) is 1. The Morgan fingerprint density at radius 1 is 1.29 bits per heavy atom. The molecule has 1 aliphatic carbocycles. The molecule has 0 saturated heterocycles. The van der Waals surface area contributed by atoms with E-state index in [9.17, 15) is 8.42 Å². The van der Waals surface area contributed by atoms with Crippen LogP contribution in [0.1, 0.15) is 40.0 Å². The van der Waals surface area contributed by atoms with Gasteiger partial charge in [0.2, 0.25) is 0 Å². The smallest absolute Gasteiger partial charge is 0.156 e. The number of hydrogen-bond donors (Lipinski definition) is 1. The molecule has 17 heavy (non-hydrogen) atoms. The van der Waals surface area contributed by atoms with E-state index in [1.165, 1.54) is 0 Å². The second kappa shape index (κ2) is 5.67. The lowest BCUT2D eigenvalue weighted by Crippen LogP contribution is -2.37. The Kier molecular flexibility index (Phi) is 4.98. The zero-order valence-electron chi connectivity index (χ0n) is 11.3. The Hall–Kier alpha value is -0.130. The molecule has 1 aliphatic rings. The highest BCUT2D eigenvalue weighted by Gasteiger charge is 2.29. The third kappa shape index (κ3) is 4.23. The lowest BCUT2D eigenvalue weighted by molar-refractivity contribution is 0.107. The summed E-state index contributed by atoms with van der Waals surface area (Å²) in [4.78, 5) is 0. The van der Waals surface area contributed by atoms with E-state index in [1.54, 1.807) is 27.9 Å². The van der Waals surface area contributed by atoms with Crippen LogP contribution in [0, 0.1) is 0 Å². The second-order valence-corrected chi connectivity index (χ2v) is 8.62. The number of methoxy groups -OCH3 is 1. The van der Waals surface area contributed by atoms with Gasteiger partial charge in [0.15, 0.2) is 9.84 Å². The fourth-order valence-electron chi connectivity index (χ4n) is 2.04. The zero-order valence-corrected chi connectivity index (χ0v) is 12.1. The lowest BCUT2D eigenvalue weighted by atomic mass is 10.2. The molecule has 0 aromatic carbocycles. The lowest BCUT2D eigenvalue weighted by Gasteiger charge is -2.20. The molecule has 0 aromatic rings. The summed E-state index contributed by atoms with van der Waals surface area (Å²) >= 11 is 0. The Bertz CT molecular complexity index is 332. The predicted octanol–water partition coefficient (Wildman–Crippen LogP) is 1.36. The summed E-state index contributed by atoms with van der Waals surface area (Å²) in [5.74, 6) is 0.213. The second-order valence-electron chi connectivity index (χ2n) is 5.75. The molecule has 5 heteroatoms. The molecule has 2 unspecified atom stereocenters. The molecule has 2 atom stereocenters. The number of sulfone groups is 1. The van der Waals surface area contributed by atoms with Gasteiger partial charge in [0.05, 0.1) is 16.6 Å². The maximum atomic E-state index is 11.9. The number of rotatable bonds is 5. The summed E-state index contributed by atoms with van der Waals surface area (Å²) < 4.78 is 28.4. The highest BCUT2D eigenvalue weighted by Crippen LogP contribution is 2.21. The highest BCUT2D eigenvalue weighted by atomic mass is 32.2. The third-order valence-electron chi connectivity index (χ3n) is 3.45. The van der Waals surface area contributed by atoms with Crippen LogP contribution in [-0.2, 0) is 14.6 Å². The summed E-state index contributed by atoms with van der Waals surface area (Å²) in [5.41, 5.74) is 0. The summed E-state index contributed by atoms with van der Waals surface area (Å²) in [6.07, 6.45) is 3.48. The molecule has 0 heterocycles. The van der Waals surface area contributed by atoms with Crippen LogP contribution in [0.3, 0.4) is 0 Å². The van der Waals surface area contributed by atoms with E-state index in [-0.39, 0.29) is 5.75 Å². The summed E-state index contributed by atoms with van der Waals surface area (Å²) in [5, 5.41) is 3.31. The summed E-state index contributed by atoms with van der Waals surface area (Å²) in [6, 6.07) is 0.412. The van der Waals surface area contributed by atoms with Crippen LogP contribution in [0.4, 0.5) is 0 Å². The number of nitrogens with one attached hydrogen (secondary N) is 1. The molecule has 0 spiro atoms. The van der Waals surface area contributed by atoms with Gasteiger partial charge in [-0.1, -0.05) is 0 Å². The monoisotopic (exact) mass is 263 g/mol. The molecular formula is C12H25NO3S. The Morgan fingerprint density at radius 3 is 2.41 bits per heavy atom. The molecule has 4 nitrogen and oxygen atoms in total. The van der Waals surface area contributed by atoms with Crippen molar-refractivity contribution < 1.29 is 13.2 Å². The Labute approximate surface area is 105 Å². The van der Waals surface area contributed by atoms with Crippen molar-refractivity contribution in [3.63, 3.8) is 0 Å². The van der Waals surface area contributed by atoms with E-state index in [4.69, 9.17) is 4.74 Å². The molecule has 0 radical (unpaired) electrons. The van der Waals surface area contributed by atoms with Gasteiger partial charge in [-0.2, -0.15) is 0 Å². The fraction of sp³-hybridized carbons (Fsp3) is 1.00. The quantitative estimate of drug-likeness (QED) is 0.813. The summed E-state index contributed by atoms with van der Waals surface area (Å²) in [6.45, 7) is 5.79. The van der Waals surface area contributed by atoms with Crippen molar-refractivity contribution in [2.75, 3.05) is 19.4 Å². The number of hydrogen-bond acceptors (Lipinski definition) is 4. The van der Waals surface area contributed by atoms with Gasteiger partial charge in [-0.3, -0.25) is 0 Å². The summed E-state index contributed by atoms with van der Waals surface area (Å²) in [7, 11) is -1.27. The SMILES string of the molecule is COC1CCC(NCCS(=O)(=O)C(C)(C)C)C1. The van der Waals surface area contributed by atoms with E-state index in [0.29, 0.717) is 18.7 Å². The molecular weight excluding hydrogens is 238 g/mol. The minimum Gasteiger partial charge on any atom is -0.381 e. The van der Waals surface area contributed by atoms with Crippen molar-refractivity contribution in [3.8, 4) is 0 Å². The molecule has 0 bridgehead atoms. The van der Waals surface area contributed by atoms with Gasteiger partial charge in [-0.05, 0) is 40.0 Å². The van der Waals surface area contributed by atoms with Gasteiger partial charge in [0.1, 0.15) is 0 Å². The third-order valence-corrected chi connectivity index (χ3v) is 6.06. The Morgan fingerprint density at radius 2 is 1.94 bits per heavy atom. The van der Waals surface area contributed by atoms with Crippen LogP contribution in [0.5, 0.6) is 0 Å². The van der Waals surface area contributed by atoms with Gasteiger partial charge in [-0.25, -0.2) is 8.42 Å². The van der Waals surface area contributed by atoms with Gasteiger partial charge in [-0.15, -0.1) is 0 Å². The minimum absolute atomic E-state index is 0.213. The highest BCUT2D eigenvalue weighted by molar-refractivity contribution is 7.92. The first-order chi connectivity index (χ1) is 7.76. The van der Waals surface area contributed by atoms with Crippen molar-refractivity contribution in [1.82, 2.24) is 5.32 Å². The average Bonchev–Trinajstić information content (AvgIpc) is 2.63. The molecule has 1 fully saturated rings. The first-order valence-electron chi connectivity index (χ1n) is 6.25. The van der Waals surface area contributed by atoms with Crippen LogP contribution in [0.2, 0.25) is 0 Å². The van der Waals surface area contributed by atoms with Crippen molar-refractivity contribution in [2.24, 2.45) is 0 Å². The van der Waals surface area contributed by atoms with Crippen LogP contribution < -0.4 is 5.32 Å². The van der Waals surface area contributed by atoms with Gasteiger partial charge < -0.3 is 10.1 Å². The maximum absolute atomic E-state index is 11.9. The van der Waals surface area contributed by atoms with Crippen LogP contribution >= 0.6 is 0 Å². The molecule has 1 N–H and O–H groups in total. The molecule has 1 rings (SSSR count). The van der Waals surface area contributed by atoms with Gasteiger partial charge >= 0.3 is 0 Å². The molecule has 0 aliphatic heterocycles. The van der Waals surface area contributed by atoms with Crippen molar-refractivity contribution >= 4 is 9.84 Å². The van der Waals surface area contributed by atoms with E-state index < -0.39 is 14.6 Å². The molecule has 102 valence electrons. The van der Waals surface area contributed by atoms with Gasteiger partial charge in [0, 0.05) is 19.7 Å². The Balaban J connectivity index is 2.30. The predicted molar refractivity (Wildman–Crippen MR) is 70.0 cm³/mol. The first kappa shape index (κ1) is 14.9. The fourth-order valence-corrected chi connectivity index (χ4v) is 3.04. The maximum Gasteiger partial charge on any atom is 0.156 e. The first-order valence-corrected chi connectivity index (χ1v) is 7.90. The van der Waals surface area contributed by atoms with Crippen molar-refractivity contribution in [2.45, 2.75) is 56.9 Å². The van der Waals surface area contributed by atoms with Crippen LogP contribution in [0.25, 0.3) is 0 Å². The van der Waals surface area contributed by atoms with Crippen molar-refractivity contribution in [1.29, 1.82) is 0 Å². The van der Waals surface area contributed by atoms with E-state index in [0.717, 1.165) is 19.3 Å². The average molecular weight is 263 g/mol. The van der Waals surface area contributed by atoms with Crippen LogP contribution in [0.15, 0.2) is 0 Å². The molecule has 1 saturated carbocycles. The largest absolute Gasteiger partial charge is 0.381 e. The molecule has 0 aromatic heterocycles. The van der Waals surface area contributed by atoms with E-state index >= 15 is 0 Å². The van der Waals surface area contributed by atoms with E-state index in [1.807, 2.05) is 0 Å². The van der Waals surface area contributed by atoms with Crippen LogP contribution in [-0.4, -0.2) is 44.7 Å². The van der Waals surface area contributed by atoms with Crippen molar-refractivity contribution in [3.05, 3.63) is 0 Å². The topological polar surface area (TPSA) is 55.4 Å². The van der Waals surface area contributed by atoms with E-state index in [2.05, 4.69) is 5.32 Å². The minimum atomic E-state index is -3.00. The van der Waals surface area contributed by atoms with Gasteiger partial charge in [0.25, 0.3) is 0 Å².